The zero-order valence-electron chi connectivity index (χ0n) is 17.9. The molecule has 10 heteroatoms. The van der Waals surface area contributed by atoms with Crippen LogP contribution in [-0.4, -0.2) is 21.5 Å². The Morgan fingerprint density at radius 1 is 1.21 bits per heavy atom. The SMILES string of the molecule is CCC1=C(C(=O)n2ccnc2)C(c2ccc(C#N)cc2)NC(=O)N1c1cccc(C(F)(F)F)c1. The van der Waals surface area contributed by atoms with Gasteiger partial charge in [-0.3, -0.25) is 14.3 Å². The van der Waals surface area contributed by atoms with Gasteiger partial charge in [-0.25, -0.2) is 9.78 Å². The normalized spacial score (nSPS) is 16.3. The third-order valence-electron chi connectivity index (χ3n) is 5.45. The lowest BCUT2D eigenvalue weighted by Gasteiger charge is -2.37. The molecule has 2 heterocycles. The monoisotopic (exact) mass is 465 g/mol. The lowest BCUT2D eigenvalue weighted by Crippen LogP contribution is -2.49. The van der Waals surface area contributed by atoms with Gasteiger partial charge in [-0.2, -0.15) is 18.4 Å². The van der Waals surface area contributed by atoms with Crippen molar-refractivity contribution in [3.05, 3.63) is 95.2 Å². The summed E-state index contributed by atoms with van der Waals surface area (Å²) in [6, 6.07) is 11.2. The number of halogens is 3. The largest absolute Gasteiger partial charge is 0.416 e. The number of imidazole rings is 1. The quantitative estimate of drug-likeness (QED) is 0.584. The molecule has 3 aromatic rings. The summed E-state index contributed by atoms with van der Waals surface area (Å²) in [6.07, 6.45) is -0.231. The van der Waals surface area contributed by atoms with Gasteiger partial charge in [0.05, 0.1) is 34.5 Å². The number of amides is 2. The molecule has 172 valence electrons. The van der Waals surface area contributed by atoms with Gasteiger partial charge >= 0.3 is 12.2 Å². The second-order valence-corrected chi connectivity index (χ2v) is 7.49. The van der Waals surface area contributed by atoms with E-state index < -0.39 is 29.7 Å². The average molecular weight is 465 g/mol. The summed E-state index contributed by atoms with van der Waals surface area (Å²) in [5, 5.41) is 11.8. The maximum Gasteiger partial charge on any atom is 0.416 e. The minimum atomic E-state index is -4.60. The predicted molar refractivity (Wildman–Crippen MR) is 117 cm³/mol. The van der Waals surface area contributed by atoms with Crippen LogP contribution in [0.5, 0.6) is 0 Å². The molecule has 1 unspecified atom stereocenters. The third kappa shape index (κ3) is 4.15. The predicted octanol–water partition coefficient (Wildman–Crippen LogP) is 5.05. The van der Waals surface area contributed by atoms with E-state index in [-0.39, 0.29) is 23.4 Å². The first-order valence-corrected chi connectivity index (χ1v) is 10.3. The molecule has 1 aliphatic rings. The highest BCUT2D eigenvalue weighted by Gasteiger charge is 2.39. The van der Waals surface area contributed by atoms with Gasteiger partial charge in [0, 0.05) is 18.1 Å². The van der Waals surface area contributed by atoms with Gasteiger partial charge in [-0.1, -0.05) is 25.1 Å². The third-order valence-corrected chi connectivity index (χ3v) is 5.45. The maximum atomic E-state index is 13.5. The van der Waals surface area contributed by atoms with Gasteiger partial charge in [0.15, 0.2) is 0 Å². The first kappa shape index (κ1) is 22.8. The van der Waals surface area contributed by atoms with Gasteiger partial charge in [0.1, 0.15) is 6.33 Å². The number of alkyl halides is 3. The summed E-state index contributed by atoms with van der Waals surface area (Å²) in [6.45, 7) is 1.71. The standard InChI is InChI=1S/C24H18F3N5O2/c1-2-19-20(22(33)31-11-10-29-14-31)21(16-8-6-15(13-28)7-9-16)30-23(34)32(19)18-5-3-4-17(12-18)24(25,26)27/h3-12,14,21H,2H2,1H3,(H,30,34). The van der Waals surface area contributed by atoms with Crippen molar-refractivity contribution < 1.29 is 22.8 Å². The number of carbonyl (C=O) groups excluding carboxylic acids is 2. The Labute approximate surface area is 192 Å². The van der Waals surface area contributed by atoms with Crippen molar-refractivity contribution in [2.75, 3.05) is 4.90 Å². The van der Waals surface area contributed by atoms with Crippen LogP contribution in [0.3, 0.4) is 0 Å². The number of carbonyl (C=O) groups is 2. The molecule has 0 spiro atoms. The van der Waals surface area contributed by atoms with E-state index in [2.05, 4.69) is 10.3 Å². The van der Waals surface area contributed by atoms with Crippen LogP contribution < -0.4 is 10.2 Å². The molecule has 34 heavy (non-hydrogen) atoms. The van der Waals surface area contributed by atoms with Gasteiger partial charge < -0.3 is 5.32 Å². The van der Waals surface area contributed by atoms with Crippen molar-refractivity contribution in [1.29, 1.82) is 5.26 Å². The number of allylic oxidation sites excluding steroid dienone is 1. The number of nitrogens with one attached hydrogen (secondary N) is 1. The van der Waals surface area contributed by atoms with Crippen LogP contribution in [0, 0.1) is 11.3 Å². The molecule has 1 N–H and O–H groups in total. The number of anilines is 1. The number of urea groups is 1. The molecule has 1 aliphatic heterocycles. The summed E-state index contributed by atoms with van der Waals surface area (Å²) >= 11 is 0. The maximum absolute atomic E-state index is 13.5. The van der Waals surface area contributed by atoms with Gasteiger partial charge in [0.2, 0.25) is 0 Å². The van der Waals surface area contributed by atoms with E-state index >= 15 is 0 Å². The number of nitrogens with zero attached hydrogens (tertiary/aromatic N) is 4. The molecule has 0 aliphatic carbocycles. The summed E-state index contributed by atoms with van der Waals surface area (Å²) in [7, 11) is 0. The van der Waals surface area contributed by atoms with Crippen LogP contribution in [0.15, 0.2) is 78.5 Å². The number of nitriles is 1. The van der Waals surface area contributed by atoms with E-state index in [1.54, 1.807) is 31.2 Å². The van der Waals surface area contributed by atoms with Gasteiger partial charge in [-0.05, 0) is 42.3 Å². The van der Waals surface area contributed by atoms with E-state index in [4.69, 9.17) is 5.26 Å². The highest BCUT2D eigenvalue weighted by atomic mass is 19.4. The molecule has 2 amide bonds. The summed E-state index contributed by atoms with van der Waals surface area (Å²) in [5.74, 6) is -0.485. The fraction of sp³-hybridized carbons (Fsp3) is 0.167. The molecule has 0 fully saturated rings. The average Bonchev–Trinajstić information content (AvgIpc) is 3.37. The van der Waals surface area contributed by atoms with E-state index in [0.717, 1.165) is 17.0 Å². The van der Waals surface area contributed by atoms with Crippen LogP contribution in [0.1, 0.15) is 40.9 Å². The van der Waals surface area contributed by atoms with E-state index in [1.165, 1.54) is 35.4 Å². The molecular formula is C24H18F3N5O2. The fourth-order valence-corrected chi connectivity index (χ4v) is 3.88. The highest BCUT2D eigenvalue weighted by Crippen LogP contribution is 2.38. The molecule has 0 radical (unpaired) electrons. The summed E-state index contributed by atoms with van der Waals surface area (Å²) in [4.78, 5) is 31.7. The first-order valence-electron chi connectivity index (χ1n) is 10.3. The second kappa shape index (κ2) is 8.86. The second-order valence-electron chi connectivity index (χ2n) is 7.49. The lowest BCUT2D eigenvalue weighted by atomic mass is 9.92. The Bertz CT molecular complexity index is 1310. The van der Waals surface area contributed by atoms with Crippen LogP contribution in [-0.2, 0) is 6.18 Å². The zero-order valence-corrected chi connectivity index (χ0v) is 17.9. The van der Waals surface area contributed by atoms with E-state index in [1.807, 2.05) is 6.07 Å². The van der Waals surface area contributed by atoms with Crippen LogP contribution in [0.4, 0.5) is 23.7 Å². The molecule has 2 aromatic carbocycles. The van der Waals surface area contributed by atoms with Crippen molar-refractivity contribution in [1.82, 2.24) is 14.9 Å². The van der Waals surface area contributed by atoms with Crippen LogP contribution >= 0.6 is 0 Å². The topological polar surface area (TPSA) is 91.0 Å². The van der Waals surface area contributed by atoms with Crippen LogP contribution in [0.2, 0.25) is 0 Å². The van der Waals surface area contributed by atoms with Crippen molar-refractivity contribution in [3.8, 4) is 6.07 Å². The minimum Gasteiger partial charge on any atom is -0.326 e. The number of benzene rings is 2. The van der Waals surface area contributed by atoms with Crippen molar-refractivity contribution in [3.63, 3.8) is 0 Å². The molecule has 1 aromatic heterocycles. The zero-order chi connectivity index (χ0) is 24.5. The highest BCUT2D eigenvalue weighted by molar-refractivity contribution is 6.05. The minimum absolute atomic E-state index is 0.0154. The molecular weight excluding hydrogens is 447 g/mol. The number of rotatable bonds is 4. The van der Waals surface area contributed by atoms with E-state index in [9.17, 15) is 22.8 Å². The lowest BCUT2D eigenvalue weighted by molar-refractivity contribution is -0.137. The van der Waals surface area contributed by atoms with Crippen molar-refractivity contribution in [2.45, 2.75) is 25.6 Å². The van der Waals surface area contributed by atoms with E-state index in [0.29, 0.717) is 11.1 Å². The van der Waals surface area contributed by atoms with Crippen LogP contribution in [0.25, 0.3) is 0 Å². The summed E-state index contributed by atoms with van der Waals surface area (Å²) < 4.78 is 41.2. The molecule has 1 atom stereocenters. The molecule has 0 saturated carbocycles. The number of aromatic nitrogens is 2. The first-order chi connectivity index (χ1) is 16.2. The van der Waals surface area contributed by atoms with Crippen molar-refractivity contribution >= 4 is 17.6 Å². The van der Waals surface area contributed by atoms with Gasteiger partial charge in [-0.15, -0.1) is 0 Å². The summed E-state index contributed by atoms with van der Waals surface area (Å²) in [5.41, 5.74) is 0.464. The molecule has 0 saturated heterocycles. The fourth-order valence-electron chi connectivity index (χ4n) is 3.88. The Kier molecular flexibility index (Phi) is 5.94. The Balaban J connectivity index is 1.91. The Morgan fingerprint density at radius 3 is 2.53 bits per heavy atom. The Hall–Kier alpha value is -4.39. The number of hydrogen-bond acceptors (Lipinski definition) is 4. The molecule has 7 nitrogen and oxygen atoms in total. The smallest absolute Gasteiger partial charge is 0.326 e. The molecule has 0 bridgehead atoms. The molecule has 4 rings (SSSR count). The Morgan fingerprint density at radius 2 is 1.94 bits per heavy atom. The van der Waals surface area contributed by atoms with Gasteiger partial charge in [0.25, 0.3) is 5.91 Å². The van der Waals surface area contributed by atoms with Crippen molar-refractivity contribution in [2.24, 2.45) is 0 Å². The number of hydrogen-bond donors (Lipinski definition) is 1.